The molecular formula is C17H14FN3OS. The van der Waals surface area contributed by atoms with E-state index in [-0.39, 0.29) is 11.6 Å². The SMILES string of the molecule is NC(=O)CSc1ncc(-c2ccccc2)n1-c1ccc(F)cc1. The standard InChI is InChI=1S/C17H14FN3OS/c18-13-6-8-14(9-7-13)21-15(12-4-2-1-3-5-12)10-20-17(21)23-11-16(19)22/h1-10H,11H2,(H2,19,22). The Kier molecular flexibility index (Phi) is 4.43. The number of imidazole rings is 1. The van der Waals surface area contributed by atoms with Crippen LogP contribution in [0.15, 0.2) is 66.0 Å². The van der Waals surface area contributed by atoms with Gasteiger partial charge in [-0.2, -0.15) is 0 Å². The van der Waals surface area contributed by atoms with E-state index in [9.17, 15) is 9.18 Å². The lowest BCUT2D eigenvalue weighted by Gasteiger charge is -2.11. The largest absolute Gasteiger partial charge is 0.369 e. The van der Waals surface area contributed by atoms with Crippen LogP contribution < -0.4 is 5.73 Å². The summed E-state index contributed by atoms with van der Waals surface area (Å²) >= 11 is 1.25. The highest BCUT2D eigenvalue weighted by Crippen LogP contribution is 2.29. The van der Waals surface area contributed by atoms with Gasteiger partial charge in [0.2, 0.25) is 5.91 Å². The van der Waals surface area contributed by atoms with Crippen LogP contribution in [0.1, 0.15) is 0 Å². The number of benzene rings is 2. The van der Waals surface area contributed by atoms with Crippen LogP contribution in [0.25, 0.3) is 16.9 Å². The van der Waals surface area contributed by atoms with Crippen LogP contribution in [-0.4, -0.2) is 21.2 Å². The number of aromatic nitrogens is 2. The Balaban J connectivity index is 2.10. The number of primary amides is 1. The molecule has 0 saturated heterocycles. The number of amides is 1. The molecule has 1 heterocycles. The molecule has 116 valence electrons. The summed E-state index contributed by atoms with van der Waals surface area (Å²) in [7, 11) is 0. The Labute approximate surface area is 137 Å². The van der Waals surface area contributed by atoms with Gasteiger partial charge in [0.15, 0.2) is 5.16 Å². The van der Waals surface area contributed by atoms with E-state index in [1.807, 2.05) is 34.9 Å². The predicted molar refractivity (Wildman–Crippen MR) is 88.9 cm³/mol. The van der Waals surface area contributed by atoms with E-state index in [1.165, 1.54) is 23.9 Å². The Bertz CT molecular complexity index is 816. The zero-order chi connectivity index (χ0) is 16.2. The summed E-state index contributed by atoms with van der Waals surface area (Å²) in [5, 5.41) is 0.634. The van der Waals surface area contributed by atoms with Gasteiger partial charge in [0.25, 0.3) is 0 Å². The van der Waals surface area contributed by atoms with Crippen molar-refractivity contribution in [3.63, 3.8) is 0 Å². The zero-order valence-corrected chi connectivity index (χ0v) is 13.0. The maximum atomic E-state index is 13.2. The van der Waals surface area contributed by atoms with Crippen LogP contribution in [-0.2, 0) is 4.79 Å². The van der Waals surface area contributed by atoms with E-state index >= 15 is 0 Å². The Morgan fingerprint density at radius 3 is 2.48 bits per heavy atom. The van der Waals surface area contributed by atoms with Crippen LogP contribution in [0, 0.1) is 5.82 Å². The second-order valence-corrected chi connectivity index (χ2v) is 5.80. The molecule has 0 aliphatic heterocycles. The van der Waals surface area contributed by atoms with Gasteiger partial charge in [-0.25, -0.2) is 9.37 Å². The topological polar surface area (TPSA) is 60.9 Å². The first-order chi connectivity index (χ1) is 11.1. The van der Waals surface area contributed by atoms with E-state index in [4.69, 9.17) is 5.73 Å². The number of nitrogens with two attached hydrogens (primary N) is 1. The summed E-state index contributed by atoms with van der Waals surface area (Å²) in [5.74, 6) is -0.585. The third-order valence-electron chi connectivity index (χ3n) is 3.23. The minimum absolute atomic E-state index is 0.131. The molecule has 0 saturated carbocycles. The third kappa shape index (κ3) is 3.43. The Hall–Kier alpha value is -2.60. The highest BCUT2D eigenvalue weighted by Gasteiger charge is 2.14. The van der Waals surface area contributed by atoms with Crippen molar-refractivity contribution < 1.29 is 9.18 Å². The van der Waals surface area contributed by atoms with Gasteiger partial charge in [-0.05, 0) is 24.3 Å². The fraction of sp³-hybridized carbons (Fsp3) is 0.0588. The van der Waals surface area contributed by atoms with Crippen molar-refractivity contribution >= 4 is 17.7 Å². The van der Waals surface area contributed by atoms with Crippen molar-refractivity contribution in [3.8, 4) is 16.9 Å². The van der Waals surface area contributed by atoms with Crippen molar-refractivity contribution in [1.29, 1.82) is 0 Å². The van der Waals surface area contributed by atoms with E-state index in [0.717, 1.165) is 16.9 Å². The highest BCUT2D eigenvalue weighted by molar-refractivity contribution is 7.99. The number of thioether (sulfide) groups is 1. The summed E-state index contributed by atoms with van der Waals surface area (Å²) in [6, 6.07) is 15.9. The first-order valence-corrected chi connectivity index (χ1v) is 7.94. The summed E-state index contributed by atoms with van der Waals surface area (Å²) in [6.07, 6.45) is 1.74. The molecule has 0 unspecified atom stereocenters. The van der Waals surface area contributed by atoms with Crippen LogP contribution >= 0.6 is 11.8 Å². The molecule has 0 atom stereocenters. The van der Waals surface area contributed by atoms with Gasteiger partial charge in [-0.3, -0.25) is 9.36 Å². The average Bonchev–Trinajstić information content (AvgIpc) is 2.98. The minimum Gasteiger partial charge on any atom is -0.369 e. The number of hydrogen-bond acceptors (Lipinski definition) is 3. The van der Waals surface area contributed by atoms with Gasteiger partial charge in [0, 0.05) is 11.3 Å². The number of rotatable bonds is 5. The fourth-order valence-electron chi connectivity index (χ4n) is 2.22. The molecule has 4 nitrogen and oxygen atoms in total. The predicted octanol–water partition coefficient (Wildman–Crippen LogP) is 3.26. The van der Waals surface area contributed by atoms with Gasteiger partial charge < -0.3 is 5.73 Å². The zero-order valence-electron chi connectivity index (χ0n) is 12.1. The molecule has 1 aromatic heterocycles. The van der Waals surface area contributed by atoms with Crippen LogP contribution in [0.2, 0.25) is 0 Å². The van der Waals surface area contributed by atoms with Crippen molar-refractivity contribution in [3.05, 3.63) is 66.6 Å². The average molecular weight is 327 g/mol. The van der Waals surface area contributed by atoms with Gasteiger partial charge in [0.05, 0.1) is 17.6 Å². The second-order valence-electron chi connectivity index (χ2n) is 4.86. The van der Waals surface area contributed by atoms with E-state index in [1.54, 1.807) is 18.3 Å². The first-order valence-electron chi connectivity index (χ1n) is 6.95. The molecular weight excluding hydrogens is 313 g/mol. The number of carbonyl (C=O) groups excluding carboxylic acids is 1. The molecule has 1 amide bonds. The molecule has 0 radical (unpaired) electrons. The molecule has 3 rings (SSSR count). The summed E-state index contributed by atoms with van der Waals surface area (Å²) in [4.78, 5) is 15.4. The summed E-state index contributed by atoms with van der Waals surface area (Å²) < 4.78 is 15.1. The monoisotopic (exact) mass is 327 g/mol. The van der Waals surface area contributed by atoms with E-state index < -0.39 is 5.91 Å². The molecule has 2 aromatic carbocycles. The molecule has 0 aliphatic carbocycles. The van der Waals surface area contributed by atoms with Crippen molar-refractivity contribution in [1.82, 2.24) is 9.55 Å². The molecule has 2 N–H and O–H groups in total. The van der Waals surface area contributed by atoms with Crippen molar-refractivity contribution in [2.24, 2.45) is 5.73 Å². The second kappa shape index (κ2) is 6.66. The van der Waals surface area contributed by atoms with Crippen LogP contribution in [0.5, 0.6) is 0 Å². The van der Waals surface area contributed by atoms with Gasteiger partial charge in [-0.1, -0.05) is 42.1 Å². The maximum absolute atomic E-state index is 13.2. The number of halogens is 1. The molecule has 0 spiro atoms. The fourth-order valence-corrected chi connectivity index (χ4v) is 2.96. The molecule has 0 aliphatic rings. The number of nitrogens with zero attached hydrogens (tertiary/aromatic N) is 2. The lowest BCUT2D eigenvalue weighted by Crippen LogP contribution is -2.13. The van der Waals surface area contributed by atoms with Gasteiger partial charge in [0.1, 0.15) is 5.82 Å². The third-order valence-corrected chi connectivity index (χ3v) is 4.20. The Morgan fingerprint density at radius 1 is 1.13 bits per heavy atom. The molecule has 0 fully saturated rings. The van der Waals surface area contributed by atoms with Crippen LogP contribution in [0.4, 0.5) is 4.39 Å². The smallest absolute Gasteiger partial charge is 0.227 e. The Morgan fingerprint density at radius 2 is 1.83 bits per heavy atom. The first kappa shape index (κ1) is 15.3. The quantitative estimate of drug-likeness (QED) is 0.732. The lowest BCUT2D eigenvalue weighted by molar-refractivity contribution is -0.115. The van der Waals surface area contributed by atoms with Crippen LogP contribution in [0.3, 0.4) is 0 Å². The molecule has 0 bridgehead atoms. The normalized spacial score (nSPS) is 10.7. The molecule has 23 heavy (non-hydrogen) atoms. The molecule has 3 aromatic rings. The van der Waals surface area contributed by atoms with Crippen molar-refractivity contribution in [2.75, 3.05) is 5.75 Å². The van der Waals surface area contributed by atoms with Crippen molar-refractivity contribution in [2.45, 2.75) is 5.16 Å². The number of carbonyl (C=O) groups is 1. The molecule has 6 heteroatoms. The van der Waals surface area contributed by atoms with Gasteiger partial charge in [-0.15, -0.1) is 0 Å². The summed E-state index contributed by atoms with van der Waals surface area (Å²) in [5.41, 5.74) is 7.84. The lowest BCUT2D eigenvalue weighted by atomic mass is 10.1. The highest BCUT2D eigenvalue weighted by atomic mass is 32.2. The number of hydrogen-bond donors (Lipinski definition) is 1. The van der Waals surface area contributed by atoms with E-state index in [0.29, 0.717) is 5.16 Å². The van der Waals surface area contributed by atoms with E-state index in [2.05, 4.69) is 4.98 Å². The maximum Gasteiger partial charge on any atom is 0.227 e. The summed E-state index contributed by atoms with van der Waals surface area (Å²) in [6.45, 7) is 0. The van der Waals surface area contributed by atoms with Gasteiger partial charge >= 0.3 is 0 Å². The minimum atomic E-state index is -0.412.